The second kappa shape index (κ2) is 11.6. The van der Waals surface area contributed by atoms with Crippen molar-refractivity contribution in [3.8, 4) is 16.9 Å². The lowest BCUT2D eigenvalue weighted by molar-refractivity contribution is 0.283. The lowest BCUT2D eigenvalue weighted by Crippen LogP contribution is -2.20. The minimum Gasteiger partial charge on any atom is -0.439 e. The second-order valence-corrected chi connectivity index (χ2v) is 8.39. The first-order valence-corrected chi connectivity index (χ1v) is 12.3. The fourth-order valence-corrected chi connectivity index (χ4v) is 3.71. The molecule has 0 saturated heterocycles. The van der Waals surface area contributed by atoms with Crippen molar-refractivity contribution in [1.82, 2.24) is 0 Å². The average molecular weight is 481 g/mol. The summed E-state index contributed by atoms with van der Waals surface area (Å²) in [5, 5.41) is 0. The Balaban J connectivity index is 0.000000406. The number of hydrogen-bond acceptors (Lipinski definition) is 6. The van der Waals surface area contributed by atoms with E-state index in [1.807, 2.05) is 55.5 Å². The lowest BCUT2D eigenvalue weighted by atomic mass is 10.0. The molecule has 1 aliphatic rings. The van der Waals surface area contributed by atoms with Crippen molar-refractivity contribution in [1.29, 1.82) is 0 Å². The summed E-state index contributed by atoms with van der Waals surface area (Å²) in [5.41, 5.74) is 5.34. The molecular formula is C26H28N2O5S. The summed E-state index contributed by atoms with van der Waals surface area (Å²) in [4.78, 5) is 6.84. The third kappa shape index (κ3) is 7.02. The number of anilines is 1. The van der Waals surface area contributed by atoms with Crippen LogP contribution in [0.5, 0.6) is 5.75 Å². The fraction of sp³-hybridized carbons (Fsp3) is 0.192. The van der Waals surface area contributed by atoms with Gasteiger partial charge in [0, 0.05) is 18.3 Å². The number of nitrogens with zero attached hydrogens (tertiary/aromatic N) is 2. The van der Waals surface area contributed by atoms with Crippen LogP contribution in [0.15, 0.2) is 95.8 Å². The Morgan fingerprint density at radius 2 is 1.65 bits per heavy atom. The summed E-state index contributed by atoms with van der Waals surface area (Å²) in [6, 6.07) is 26.7. The van der Waals surface area contributed by atoms with Gasteiger partial charge in [0.1, 0.15) is 0 Å². The van der Waals surface area contributed by atoms with Gasteiger partial charge < -0.3 is 9.64 Å². The molecule has 0 unspecified atom stereocenters. The number of allylic oxidation sites excluding steroid dienone is 1. The van der Waals surface area contributed by atoms with Crippen molar-refractivity contribution in [3.05, 3.63) is 90.8 Å². The van der Waals surface area contributed by atoms with Crippen LogP contribution in [0.3, 0.4) is 0 Å². The van der Waals surface area contributed by atoms with Crippen molar-refractivity contribution < 1.29 is 21.9 Å². The van der Waals surface area contributed by atoms with E-state index < -0.39 is 10.4 Å². The molecule has 1 aliphatic heterocycles. The van der Waals surface area contributed by atoms with E-state index in [2.05, 4.69) is 57.4 Å². The van der Waals surface area contributed by atoms with Crippen molar-refractivity contribution in [2.24, 2.45) is 4.99 Å². The highest BCUT2D eigenvalue weighted by molar-refractivity contribution is 7.80. The number of para-hydroxylation sites is 1. The van der Waals surface area contributed by atoms with Gasteiger partial charge in [-0.2, -0.15) is 8.42 Å². The van der Waals surface area contributed by atoms with Gasteiger partial charge in [0.05, 0.1) is 18.0 Å². The third-order valence-electron chi connectivity index (χ3n) is 4.81. The first-order valence-electron chi connectivity index (χ1n) is 10.9. The number of aliphatic imine (C=N–C) groups is 1. The number of benzene rings is 3. The van der Waals surface area contributed by atoms with Crippen LogP contribution in [0, 0.1) is 0 Å². The first-order chi connectivity index (χ1) is 16.3. The van der Waals surface area contributed by atoms with Gasteiger partial charge in [0.25, 0.3) is 0 Å². The first kappa shape index (κ1) is 25.2. The zero-order valence-electron chi connectivity index (χ0n) is 19.4. The van der Waals surface area contributed by atoms with Crippen molar-refractivity contribution in [3.63, 3.8) is 0 Å². The predicted octanol–water partition coefficient (Wildman–Crippen LogP) is 6.03. The van der Waals surface area contributed by atoms with E-state index in [1.54, 1.807) is 0 Å². The van der Waals surface area contributed by atoms with E-state index >= 15 is 0 Å². The Labute approximate surface area is 200 Å². The molecule has 0 spiro atoms. The third-order valence-corrected chi connectivity index (χ3v) is 5.35. The molecule has 0 amide bonds. The zero-order valence-corrected chi connectivity index (χ0v) is 20.2. The van der Waals surface area contributed by atoms with E-state index in [1.165, 1.54) is 18.1 Å². The molecule has 8 heteroatoms. The van der Waals surface area contributed by atoms with E-state index in [0.29, 0.717) is 0 Å². The number of rotatable bonds is 6. The van der Waals surface area contributed by atoms with Crippen LogP contribution < -0.4 is 9.64 Å². The summed E-state index contributed by atoms with van der Waals surface area (Å²) in [6.07, 6.45) is 2.00. The molecule has 3 aromatic carbocycles. The van der Waals surface area contributed by atoms with Crippen LogP contribution in [0.1, 0.15) is 20.8 Å². The molecule has 0 fully saturated rings. The normalized spacial score (nSPS) is 14.3. The molecule has 0 radical (unpaired) electrons. The van der Waals surface area contributed by atoms with Gasteiger partial charge in [-0.05, 0) is 56.2 Å². The molecule has 4 rings (SSSR count). The van der Waals surface area contributed by atoms with Crippen LogP contribution in [-0.2, 0) is 14.6 Å². The fourth-order valence-electron chi connectivity index (χ4n) is 3.41. The van der Waals surface area contributed by atoms with Gasteiger partial charge in [-0.15, -0.1) is 0 Å². The minimum absolute atomic E-state index is 0.0289. The quantitative estimate of drug-likeness (QED) is 0.342. The maximum absolute atomic E-state index is 9.56. The Hall–Kier alpha value is -3.46. The monoisotopic (exact) mass is 480 g/mol. The summed E-state index contributed by atoms with van der Waals surface area (Å²) >= 11 is 0. The van der Waals surface area contributed by atoms with Gasteiger partial charge in [-0.1, -0.05) is 54.6 Å². The van der Waals surface area contributed by atoms with E-state index in [-0.39, 0.29) is 6.61 Å². The van der Waals surface area contributed by atoms with Crippen LogP contribution >= 0.6 is 0 Å². The van der Waals surface area contributed by atoms with Gasteiger partial charge in [0.15, 0.2) is 5.75 Å². The smallest absolute Gasteiger partial charge is 0.397 e. The second-order valence-electron chi connectivity index (χ2n) is 7.30. The molecule has 3 aromatic rings. The van der Waals surface area contributed by atoms with Crippen molar-refractivity contribution in [2.75, 3.05) is 18.1 Å². The van der Waals surface area contributed by atoms with Gasteiger partial charge >= 0.3 is 10.4 Å². The predicted molar refractivity (Wildman–Crippen MR) is 136 cm³/mol. The molecule has 1 N–H and O–H groups in total. The Bertz CT molecular complexity index is 1260. The Kier molecular flexibility index (Phi) is 8.59. The Morgan fingerprint density at radius 1 is 1.00 bits per heavy atom. The topological polar surface area (TPSA) is 88.4 Å². The summed E-state index contributed by atoms with van der Waals surface area (Å²) < 4.78 is 36.8. The largest absolute Gasteiger partial charge is 0.439 e. The van der Waals surface area contributed by atoms with Crippen LogP contribution in [-0.4, -0.2) is 31.8 Å². The molecule has 7 nitrogen and oxygen atoms in total. The molecule has 178 valence electrons. The molecule has 0 bridgehead atoms. The number of hydrogen-bond donors (Lipinski definition) is 1. The molecule has 0 aromatic heterocycles. The van der Waals surface area contributed by atoms with Crippen molar-refractivity contribution >= 4 is 27.5 Å². The molecule has 0 atom stereocenters. The Morgan fingerprint density at radius 3 is 2.21 bits per heavy atom. The lowest BCUT2D eigenvalue weighted by Gasteiger charge is -2.16. The maximum atomic E-state index is 9.56. The highest BCUT2D eigenvalue weighted by Gasteiger charge is 2.25. The molecule has 0 saturated carbocycles. The van der Waals surface area contributed by atoms with Crippen LogP contribution in [0.2, 0.25) is 0 Å². The van der Waals surface area contributed by atoms with E-state index in [9.17, 15) is 8.42 Å². The van der Waals surface area contributed by atoms with E-state index in [4.69, 9.17) is 9.29 Å². The van der Waals surface area contributed by atoms with Crippen molar-refractivity contribution in [2.45, 2.75) is 20.8 Å². The van der Waals surface area contributed by atoms with E-state index in [0.717, 1.165) is 35.3 Å². The highest BCUT2D eigenvalue weighted by Crippen LogP contribution is 2.41. The van der Waals surface area contributed by atoms with Crippen LogP contribution in [0.25, 0.3) is 11.1 Å². The standard InChI is InChI=1S/C24H22N2O.C2H6O4S/c1-3-26-22-17-20(19-10-6-4-7-11-19)14-15-23(22)27-24(26)16-18(2)25-21-12-8-5-9-13-21;1-2-6-7(3,4)5/h4-17H,3H2,1-2H3;2H2,1H3,(H,3,4,5)/b24-16-,25-18?;. The molecule has 1 heterocycles. The highest BCUT2D eigenvalue weighted by atomic mass is 32.3. The average Bonchev–Trinajstić information content (AvgIpc) is 3.15. The summed E-state index contributed by atoms with van der Waals surface area (Å²) in [6.45, 7) is 6.39. The van der Waals surface area contributed by atoms with Gasteiger partial charge in [0.2, 0.25) is 5.88 Å². The van der Waals surface area contributed by atoms with Gasteiger partial charge in [-0.3, -0.25) is 9.55 Å². The molecule has 34 heavy (non-hydrogen) atoms. The van der Waals surface area contributed by atoms with Crippen LogP contribution in [0.4, 0.5) is 11.4 Å². The number of fused-ring (bicyclic) bond motifs is 1. The maximum Gasteiger partial charge on any atom is 0.397 e. The summed E-state index contributed by atoms with van der Waals surface area (Å²) in [5.74, 6) is 1.70. The molecular weight excluding hydrogens is 452 g/mol. The minimum atomic E-state index is -4.17. The zero-order chi connectivity index (χ0) is 24.6. The summed E-state index contributed by atoms with van der Waals surface area (Å²) in [7, 11) is -4.17. The SMILES string of the molecule is CCN1/C(=C/C(C)=Nc2ccccc2)Oc2ccc(-c3ccccc3)cc21.CCOS(=O)(=O)O. The molecule has 0 aliphatic carbocycles. The van der Waals surface area contributed by atoms with Gasteiger partial charge in [-0.25, -0.2) is 4.18 Å². The number of ether oxygens (including phenoxy) is 1.